The standard InChI is InChI=1S/C14H24N2S2/c1-11-12(6-4-8-17-11)15-10-13(16(2)3)14-7-5-9-18-14/h5,7,9,11-13,15H,4,6,8,10H2,1-3H3. The second-order valence-corrected chi connectivity index (χ2v) is 7.69. The summed E-state index contributed by atoms with van der Waals surface area (Å²) < 4.78 is 0. The van der Waals surface area contributed by atoms with E-state index in [9.17, 15) is 0 Å². The smallest absolute Gasteiger partial charge is 0.0561 e. The summed E-state index contributed by atoms with van der Waals surface area (Å²) in [5, 5.41) is 6.71. The molecule has 1 fully saturated rings. The van der Waals surface area contributed by atoms with Gasteiger partial charge in [0.05, 0.1) is 6.04 Å². The third kappa shape index (κ3) is 3.73. The van der Waals surface area contributed by atoms with Crippen LogP contribution in [0.25, 0.3) is 0 Å². The molecular formula is C14H24N2S2. The number of thioether (sulfide) groups is 1. The monoisotopic (exact) mass is 284 g/mol. The molecule has 2 nitrogen and oxygen atoms in total. The minimum atomic E-state index is 0.504. The lowest BCUT2D eigenvalue weighted by atomic mass is 10.1. The van der Waals surface area contributed by atoms with E-state index in [-0.39, 0.29) is 0 Å². The van der Waals surface area contributed by atoms with Crippen molar-refractivity contribution in [1.82, 2.24) is 10.2 Å². The molecule has 18 heavy (non-hydrogen) atoms. The number of likely N-dealkylation sites (N-methyl/N-ethyl adjacent to an activating group) is 1. The van der Waals surface area contributed by atoms with E-state index in [0.717, 1.165) is 11.8 Å². The van der Waals surface area contributed by atoms with Crippen LogP contribution in [0.3, 0.4) is 0 Å². The Labute approximate surface area is 119 Å². The van der Waals surface area contributed by atoms with Gasteiger partial charge in [0.25, 0.3) is 0 Å². The molecular weight excluding hydrogens is 260 g/mol. The molecule has 1 aliphatic heterocycles. The highest BCUT2D eigenvalue weighted by Gasteiger charge is 2.23. The lowest BCUT2D eigenvalue weighted by molar-refractivity contribution is 0.279. The van der Waals surface area contributed by atoms with E-state index in [1.54, 1.807) is 0 Å². The lowest BCUT2D eigenvalue weighted by Crippen LogP contribution is -2.43. The molecule has 102 valence electrons. The van der Waals surface area contributed by atoms with E-state index in [0.29, 0.717) is 12.1 Å². The average molecular weight is 284 g/mol. The fourth-order valence-corrected chi connectivity index (χ4v) is 4.57. The molecule has 1 aromatic rings. The summed E-state index contributed by atoms with van der Waals surface area (Å²) >= 11 is 3.97. The Morgan fingerprint density at radius 1 is 1.50 bits per heavy atom. The van der Waals surface area contributed by atoms with Crippen LogP contribution in [0.2, 0.25) is 0 Å². The molecule has 0 amide bonds. The zero-order valence-electron chi connectivity index (χ0n) is 11.6. The number of rotatable bonds is 5. The van der Waals surface area contributed by atoms with Gasteiger partial charge < -0.3 is 10.2 Å². The summed E-state index contributed by atoms with van der Waals surface area (Å²) in [7, 11) is 4.34. The maximum Gasteiger partial charge on any atom is 0.0561 e. The van der Waals surface area contributed by atoms with Crippen molar-refractivity contribution in [2.75, 3.05) is 26.4 Å². The Morgan fingerprint density at radius 3 is 2.94 bits per heavy atom. The van der Waals surface area contributed by atoms with Crippen molar-refractivity contribution in [3.8, 4) is 0 Å². The highest BCUT2D eigenvalue weighted by molar-refractivity contribution is 7.99. The van der Waals surface area contributed by atoms with Gasteiger partial charge in [0.1, 0.15) is 0 Å². The Bertz CT molecular complexity index is 338. The fraction of sp³-hybridized carbons (Fsp3) is 0.714. The Hall–Kier alpha value is -0.0300. The van der Waals surface area contributed by atoms with Crippen LogP contribution in [0.15, 0.2) is 17.5 Å². The van der Waals surface area contributed by atoms with E-state index in [1.807, 2.05) is 11.3 Å². The van der Waals surface area contributed by atoms with Crippen LogP contribution in [-0.2, 0) is 0 Å². The summed E-state index contributed by atoms with van der Waals surface area (Å²) in [5.74, 6) is 1.33. The zero-order chi connectivity index (χ0) is 13.0. The fourth-order valence-electron chi connectivity index (χ4n) is 2.47. The van der Waals surface area contributed by atoms with Crippen LogP contribution in [0.4, 0.5) is 0 Å². The quantitative estimate of drug-likeness (QED) is 0.894. The minimum absolute atomic E-state index is 0.504. The van der Waals surface area contributed by atoms with Crippen LogP contribution < -0.4 is 5.32 Å². The maximum absolute atomic E-state index is 3.79. The van der Waals surface area contributed by atoms with E-state index in [4.69, 9.17) is 0 Å². The van der Waals surface area contributed by atoms with Gasteiger partial charge in [-0.15, -0.1) is 11.3 Å². The van der Waals surface area contributed by atoms with Gasteiger partial charge in [-0.25, -0.2) is 0 Å². The van der Waals surface area contributed by atoms with E-state index >= 15 is 0 Å². The molecule has 0 spiro atoms. The van der Waals surface area contributed by atoms with E-state index < -0.39 is 0 Å². The molecule has 1 aliphatic rings. The van der Waals surface area contributed by atoms with Crippen LogP contribution >= 0.6 is 23.1 Å². The van der Waals surface area contributed by atoms with Crippen molar-refractivity contribution >= 4 is 23.1 Å². The molecule has 0 saturated carbocycles. The van der Waals surface area contributed by atoms with Crippen LogP contribution in [0.1, 0.15) is 30.7 Å². The first kappa shape index (κ1) is 14.4. The van der Waals surface area contributed by atoms with Crippen molar-refractivity contribution in [2.45, 2.75) is 37.1 Å². The normalized spacial score (nSPS) is 26.4. The molecule has 3 atom stereocenters. The molecule has 0 radical (unpaired) electrons. The topological polar surface area (TPSA) is 15.3 Å². The Kier molecular flexibility index (Phi) is 5.55. The molecule has 1 N–H and O–H groups in total. The van der Waals surface area contributed by atoms with Gasteiger partial charge in [-0.05, 0) is 44.1 Å². The number of nitrogens with one attached hydrogen (secondary N) is 1. The molecule has 4 heteroatoms. The molecule has 3 unspecified atom stereocenters. The highest BCUT2D eigenvalue weighted by Crippen LogP contribution is 2.27. The first-order valence-electron chi connectivity index (χ1n) is 6.73. The molecule has 0 bridgehead atoms. The number of nitrogens with zero attached hydrogens (tertiary/aromatic N) is 1. The second-order valence-electron chi connectivity index (χ2n) is 5.23. The highest BCUT2D eigenvalue weighted by atomic mass is 32.2. The molecule has 1 aromatic heterocycles. The molecule has 2 heterocycles. The van der Waals surface area contributed by atoms with E-state index in [2.05, 4.69) is 60.5 Å². The van der Waals surface area contributed by atoms with Gasteiger partial charge in [-0.1, -0.05) is 13.0 Å². The van der Waals surface area contributed by atoms with E-state index in [1.165, 1.54) is 23.5 Å². The summed E-state index contributed by atoms with van der Waals surface area (Å²) in [6, 6.07) is 5.58. The van der Waals surface area contributed by atoms with Gasteiger partial charge in [0.2, 0.25) is 0 Å². The minimum Gasteiger partial charge on any atom is -0.311 e. The molecule has 0 aromatic carbocycles. The van der Waals surface area contributed by atoms with Gasteiger partial charge in [0.15, 0.2) is 0 Å². The van der Waals surface area contributed by atoms with Crippen LogP contribution in [0.5, 0.6) is 0 Å². The first-order chi connectivity index (χ1) is 8.68. The SMILES string of the molecule is CC1SCCCC1NCC(c1cccs1)N(C)C. The maximum atomic E-state index is 3.79. The van der Waals surface area contributed by atoms with Crippen molar-refractivity contribution in [3.63, 3.8) is 0 Å². The zero-order valence-corrected chi connectivity index (χ0v) is 13.2. The molecule has 1 saturated heterocycles. The second kappa shape index (κ2) is 6.94. The summed E-state index contributed by atoms with van der Waals surface area (Å²) in [6.07, 6.45) is 2.69. The van der Waals surface area contributed by atoms with Crippen molar-refractivity contribution in [2.24, 2.45) is 0 Å². The number of hydrogen-bond acceptors (Lipinski definition) is 4. The van der Waals surface area contributed by atoms with Crippen molar-refractivity contribution in [1.29, 1.82) is 0 Å². The Balaban J connectivity index is 1.90. The third-order valence-corrected chi connectivity index (χ3v) is 6.03. The summed E-state index contributed by atoms with van der Waals surface area (Å²) in [4.78, 5) is 3.78. The van der Waals surface area contributed by atoms with Crippen molar-refractivity contribution in [3.05, 3.63) is 22.4 Å². The van der Waals surface area contributed by atoms with Gasteiger partial charge >= 0.3 is 0 Å². The molecule has 2 rings (SSSR count). The number of hydrogen-bond donors (Lipinski definition) is 1. The van der Waals surface area contributed by atoms with Crippen LogP contribution in [-0.4, -0.2) is 42.6 Å². The predicted molar refractivity (Wildman–Crippen MR) is 83.7 cm³/mol. The average Bonchev–Trinajstić information content (AvgIpc) is 2.85. The van der Waals surface area contributed by atoms with Gasteiger partial charge in [0, 0.05) is 22.7 Å². The third-order valence-electron chi connectivity index (χ3n) is 3.68. The van der Waals surface area contributed by atoms with Crippen molar-refractivity contribution < 1.29 is 0 Å². The van der Waals surface area contributed by atoms with Gasteiger partial charge in [-0.2, -0.15) is 11.8 Å². The van der Waals surface area contributed by atoms with Gasteiger partial charge in [-0.3, -0.25) is 0 Å². The largest absolute Gasteiger partial charge is 0.311 e. The number of thiophene rings is 1. The summed E-state index contributed by atoms with van der Waals surface area (Å²) in [6.45, 7) is 3.42. The van der Waals surface area contributed by atoms with Crippen LogP contribution in [0, 0.1) is 0 Å². The first-order valence-corrected chi connectivity index (χ1v) is 8.66. The molecule has 0 aliphatic carbocycles. The predicted octanol–water partition coefficient (Wildman–Crippen LogP) is 3.22. The lowest BCUT2D eigenvalue weighted by Gasteiger charge is -2.32. The summed E-state index contributed by atoms with van der Waals surface area (Å²) in [5.41, 5.74) is 0. The Morgan fingerprint density at radius 2 is 2.33 bits per heavy atom.